The van der Waals surface area contributed by atoms with E-state index in [2.05, 4.69) is 5.32 Å². The summed E-state index contributed by atoms with van der Waals surface area (Å²) < 4.78 is 17.8. The van der Waals surface area contributed by atoms with Crippen molar-refractivity contribution >= 4 is 6.09 Å². The monoisotopic (exact) mass is 253 g/mol. The zero-order valence-electron chi connectivity index (χ0n) is 9.93. The van der Waals surface area contributed by atoms with Gasteiger partial charge in [-0.3, -0.25) is 0 Å². The molecule has 1 aromatic rings. The van der Waals surface area contributed by atoms with Gasteiger partial charge in [0.05, 0.1) is 12.1 Å². The number of carbonyl (C=O) groups is 1. The van der Waals surface area contributed by atoms with E-state index in [-0.39, 0.29) is 26.1 Å². The molecule has 5 heteroatoms. The molecular weight excluding hydrogens is 237 g/mol. The second-order valence-corrected chi connectivity index (χ2v) is 4.63. The van der Waals surface area contributed by atoms with Crippen molar-refractivity contribution < 1.29 is 19.0 Å². The highest BCUT2D eigenvalue weighted by atomic mass is 19.1. The molecular formula is C13H16FNO3. The van der Waals surface area contributed by atoms with Crippen molar-refractivity contribution in [1.29, 1.82) is 0 Å². The number of ether oxygens (including phenoxy) is 1. The van der Waals surface area contributed by atoms with Gasteiger partial charge < -0.3 is 15.2 Å². The van der Waals surface area contributed by atoms with E-state index in [1.807, 2.05) is 30.3 Å². The van der Waals surface area contributed by atoms with Gasteiger partial charge in [-0.05, 0) is 5.56 Å². The minimum absolute atomic E-state index is 0.143. The van der Waals surface area contributed by atoms with Crippen LogP contribution in [0.3, 0.4) is 0 Å². The van der Waals surface area contributed by atoms with E-state index >= 15 is 0 Å². The maximum atomic E-state index is 12.8. The molecule has 0 spiro atoms. The van der Waals surface area contributed by atoms with Crippen LogP contribution in [0.15, 0.2) is 30.3 Å². The summed E-state index contributed by atoms with van der Waals surface area (Å²) in [4.78, 5) is 11.5. The SMILES string of the molecule is O=C(NC1(CO)CC(F)C1)OCc1ccccc1. The molecule has 0 heterocycles. The predicted octanol–water partition coefficient (Wildman–Crippen LogP) is 1.78. The number of alkyl halides is 1. The zero-order valence-corrected chi connectivity index (χ0v) is 9.93. The molecule has 0 saturated heterocycles. The molecule has 0 radical (unpaired) electrons. The first kappa shape index (κ1) is 12.8. The quantitative estimate of drug-likeness (QED) is 0.859. The maximum absolute atomic E-state index is 12.8. The summed E-state index contributed by atoms with van der Waals surface area (Å²) in [5, 5.41) is 11.7. The lowest BCUT2D eigenvalue weighted by Crippen LogP contribution is -2.60. The third-order valence-corrected chi connectivity index (χ3v) is 3.11. The number of hydrogen-bond acceptors (Lipinski definition) is 3. The van der Waals surface area contributed by atoms with Crippen LogP contribution in [0.5, 0.6) is 0 Å². The third kappa shape index (κ3) is 2.98. The number of carbonyl (C=O) groups excluding carboxylic acids is 1. The maximum Gasteiger partial charge on any atom is 0.407 e. The highest BCUT2D eigenvalue weighted by Gasteiger charge is 2.45. The molecule has 1 aliphatic carbocycles. The Morgan fingerprint density at radius 3 is 2.67 bits per heavy atom. The number of benzene rings is 1. The topological polar surface area (TPSA) is 58.6 Å². The van der Waals surface area contributed by atoms with Gasteiger partial charge in [0.1, 0.15) is 12.8 Å². The second-order valence-electron chi connectivity index (χ2n) is 4.63. The van der Waals surface area contributed by atoms with Crippen LogP contribution in [-0.2, 0) is 11.3 Å². The first-order valence-electron chi connectivity index (χ1n) is 5.87. The van der Waals surface area contributed by atoms with Crippen LogP contribution < -0.4 is 5.32 Å². The highest BCUT2D eigenvalue weighted by Crippen LogP contribution is 2.34. The zero-order chi connectivity index (χ0) is 13.0. The molecule has 0 atom stereocenters. The Morgan fingerprint density at radius 1 is 1.44 bits per heavy atom. The van der Waals surface area contributed by atoms with Crippen molar-refractivity contribution in [3.63, 3.8) is 0 Å². The van der Waals surface area contributed by atoms with Gasteiger partial charge in [0.25, 0.3) is 0 Å². The summed E-state index contributed by atoms with van der Waals surface area (Å²) >= 11 is 0. The van der Waals surface area contributed by atoms with Crippen LogP contribution in [0.2, 0.25) is 0 Å². The number of amides is 1. The van der Waals surface area contributed by atoms with E-state index in [1.165, 1.54) is 0 Å². The number of nitrogens with one attached hydrogen (secondary N) is 1. The van der Waals surface area contributed by atoms with Gasteiger partial charge >= 0.3 is 6.09 Å². The molecule has 4 nitrogen and oxygen atoms in total. The molecule has 98 valence electrons. The first-order valence-corrected chi connectivity index (χ1v) is 5.87. The van der Waals surface area contributed by atoms with Crippen molar-refractivity contribution in [2.45, 2.75) is 31.2 Å². The summed E-state index contributed by atoms with van der Waals surface area (Å²) in [5.74, 6) is 0. The van der Waals surface area contributed by atoms with E-state index in [0.29, 0.717) is 0 Å². The van der Waals surface area contributed by atoms with Crippen LogP contribution >= 0.6 is 0 Å². The van der Waals surface area contributed by atoms with Crippen LogP contribution in [0.25, 0.3) is 0 Å². The van der Waals surface area contributed by atoms with E-state index < -0.39 is 17.8 Å². The molecule has 0 aliphatic heterocycles. The number of rotatable bonds is 4. The Morgan fingerprint density at radius 2 is 2.11 bits per heavy atom. The van der Waals surface area contributed by atoms with E-state index in [4.69, 9.17) is 9.84 Å². The predicted molar refractivity (Wildman–Crippen MR) is 63.7 cm³/mol. The van der Waals surface area contributed by atoms with Crippen LogP contribution in [0, 0.1) is 0 Å². The number of alkyl carbamates (subject to hydrolysis) is 1. The molecule has 1 fully saturated rings. The van der Waals surface area contributed by atoms with Crippen molar-refractivity contribution in [3.05, 3.63) is 35.9 Å². The van der Waals surface area contributed by atoms with Crippen molar-refractivity contribution in [2.24, 2.45) is 0 Å². The molecule has 1 saturated carbocycles. The Hall–Kier alpha value is -1.62. The average molecular weight is 253 g/mol. The average Bonchev–Trinajstić information content (AvgIpc) is 2.35. The standard InChI is InChI=1S/C13H16FNO3/c14-11-6-13(7-11,9-16)15-12(17)18-8-10-4-2-1-3-5-10/h1-5,11,16H,6-9H2,(H,15,17). The summed E-state index contributed by atoms with van der Waals surface area (Å²) in [7, 11) is 0. The van der Waals surface area contributed by atoms with Crippen molar-refractivity contribution in [3.8, 4) is 0 Å². The summed E-state index contributed by atoms with van der Waals surface area (Å²) in [5.41, 5.74) is 0.0374. The summed E-state index contributed by atoms with van der Waals surface area (Å²) in [6, 6.07) is 9.27. The third-order valence-electron chi connectivity index (χ3n) is 3.11. The van der Waals surface area contributed by atoms with Gasteiger partial charge in [0.2, 0.25) is 0 Å². The normalized spacial score (nSPS) is 26.2. The molecule has 1 amide bonds. The number of hydrogen-bond donors (Lipinski definition) is 2. The molecule has 1 aromatic carbocycles. The summed E-state index contributed by atoms with van der Waals surface area (Å²) in [6.45, 7) is -0.110. The highest BCUT2D eigenvalue weighted by molar-refractivity contribution is 5.68. The van der Waals surface area contributed by atoms with E-state index in [0.717, 1.165) is 5.56 Å². The molecule has 18 heavy (non-hydrogen) atoms. The van der Waals surface area contributed by atoms with Gasteiger partial charge in [-0.15, -0.1) is 0 Å². The lowest BCUT2D eigenvalue weighted by Gasteiger charge is -2.42. The molecule has 0 bridgehead atoms. The fraction of sp³-hybridized carbons (Fsp3) is 0.462. The fourth-order valence-electron chi connectivity index (χ4n) is 2.03. The largest absolute Gasteiger partial charge is 0.445 e. The van der Waals surface area contributed by atoms with Crippen molar-refractivity contribution in [2.75, 3.05) is 6.61 Å². The van der Waals surface area contributed by atoms with Gasteiger partial charge in [-0.1, -0.05) is 30.3 Å². The molecule has 0 aromatic heterocycles. The Labute approximate surface area is 105 Å². The van der Waals surface area contributed by atoms with Crippen LogP contribution in [-0.4, -0.2) is 29.5 Å². The van der Waals surface area contributed by atoms with Gasteiger partial charge in [-0.25, -0.2) is 9.18 Å². The molecule has 2 N–H and O–H groups in total. The van der Waals surface area contributed by atoms with Gasteiger partial charge in [-0.2, -0.15) is 0 Å². The van der Waals surface area contributed by atoms with Crippen LogP contribution in [0.4, 0.5) is 9.18 Å². The first-order chi connectivity index (χ1) is 8.63. The molecule has 0 unspecified atom stereocenters. The van der Waals surface area contributed by atoms with Gasteiger partial charge in [0, 0.05) is 12.8 Å². The number of aliphatic hydroxyl groups excluding tert-OH is 1. The van der Waals surface area contributed by atoms with Crippen LogP contribution in [0.1, 0.15) is 18.4 Å². The molecule has 1 aliphatic rings. The lowest BCUT2D eigenvalue weighted by atomic mass is 9.76. The van der Waals surface area contributed by atoms with E-state index in [1.54, 1.807) is 0 Å². The Balaban J connectivity index is 1.79. The lowest BCUT2D eigenvalue weighted by molar-refractivity contribution is 0.0155. The fourth-order valence-corrected chi connectivity index (χ4v) is 2.03. The Kier molecular flexibility index (Phi) is 3.81. The minimum atomic E-state index is -0.952. The Bertz CT molecular complexity index is 404. The summed E-state index contributed by atoms with van der Waals surface area (Å²) in [6.07, 6.45) is -1.29. The van der Waals surface area contributed by atoms with E-state index in [9.17, 15) is 9.18 Å². The number of halogens is 1. The van der Waals surface area contributed by atoms with Gasteiger partial charge in [0.15, 0.2) is 0 Å². The van der Waals surface area contributed by atoms with Crippen molar-refractivity contribution in [1.82, 2.24) is 5.32 Å². The molecule has 2 rings (SSSR count). The smallest absolute Gasteiger partial charge is 0.407 e. The minimum Gasteiger partial charge on any atom is -0.445 e. The number of aliphatic hydroxyl groups is 1. The second kappa shape index (κ2) is 5.35.